The first-order chi connectivity index (χ1) is 15.2. The van der Waals surface area contributed by atoms with Crippen LogP contribution >= 0.6 is 0 Å². The SMILES string of the molecule is CCCCOC(=O)Nc1cccc(C(O)Nc2c3ccccc3nc3ccccc23)c1. The van der Waals surface area contributed by atoms with Crippen molar-refractivity contribution in [2.24, 2.45) is 0 Å². The molecule has 3 N–H and O–H groups in total. The van der Waals surface area contributed by atoms with Crippen LogP contribution in [0.15, 0.2) is 72.8 Å². The van der Waals surface area contributed by atoms with Crippen LogP contribution < -0.4 is 10.6 Å². The second-order valence-electron chi connectivity index (χ2n) is 7.31. The van der Waals surface area contributed by atoms with Gasteiger partial charge in [0, 0.05) is 22.0 Å². The van der Waals surface area contributed by atoms with Crippen LogP contribution in [0.1, 0.15) is 31.6 Å². The number of para-hydroxylation sites is 2. The van der Waals surface area contributed by atoms with Crippen molar-refractivity contribution in [2.45, 2.75) is 26.0 Å². The average molecular weight is 415 g/mol. The zero-order valence-corrected chi connectivity index (χ0v) is 17.3. The maximum absolute atomic E-state index is 11.9. The number of rotatable bonds is 7. The fourth-order valence-corrected chi connectivity index (χ4v) is 3.47. The summed E-state index contributed by atoms with van der Waals surface area (Å²) in [6.07, 6.45) is 0.300. The number of nitrogens with one attached hydrogen (secondary N) is 2. The number of aliphatic hydroxyl groups is 1. The molecule has 0 fully saturated rings. The van der Waals surface area contributed by atoms with Gasteiger partial charge in [-0.3, -0.25) is 5.32 Å². The van der Waals surface area contributed by atoms with Gasteiger partial charge in [0.1, 0.15) is 0 Å². The molecule has 4 rings (SSSR count). The van der Waals surface area contributed by atoms with E-state index in [9.17, 15) is 9.90 Å². The number of carbonyl (C=O) groups is 1. The molecule has 0 saturated heterocycles. The molecule has 0 aliphatic rings. The molecule has 31 heavy (non-hydrogen) atoms. The number of pyridine rings is 1. The lowest BCUT2D eigenvalue weighted by Crippen LogP contribution is -2.15. The number of aromatic nitrogens is 1. The molecule has 158 valence electrons. The zero-order valence-electron chi connectivity index (χ0n) is 17.3. The lowest BCUT2D eigenvalue weighted by Gasteiger charge is -2.19. The summed E-state index contributed by atoms with van der Waals surface area (Å²) in [7, 11) is 0. The van der Waals surface area contributed by atoms with Gasteiger partial charge in [-0.15, -0.1) is 0 Å². The predicted molar refractivity (Wildman–Crippen MR) is 124 cm³/mol. The predicted octanol–water partition coefficient (Wildman–Crippen LogP) is 5.84. The minimum Gasteiger partial charge on any atom is -0.449 e. The van der Waals surface area contributed by atoms with E-state index in [-0.39, 0.29) is 0 Å². The summed E-state index contributed by atoms with van der Waals surface area (Å²) >= 11 is 0. The number of amides is 1. The van der Waals surface area contributed by atoms with E-state index >= 15 is 0 Å². The number of benzene rings is 3. The van der Waals surface area contributed by atoms with Gasteiger partial charge in [0.25, 0.3) is 0 Å². The van der Waals surface area contributed by atoms with Crippen LogP contribution in [0.2, 0.25) is 0 Å². The van der Waals surface area contributed by atoms with Crippen molar-refractivity contribution in [3.05, 3.63) is 78.4 Å². The van der Waals surface area contributed by atoms with Gasteiger partial charge in [-0.05, 0) is 30.7 Å². The third kappa shape index (κ3) is 4.75. The van der Waals surface area contributed by atoms with Crippen molar-refractivity contribution in [3.8, 4) is 0 Å². The van der Waals surface area contributed by atoms with Crippen LogP contribution in [0.4, 0.5) is 16.2 Å². The lowest BCUT2D eigenvalue weighted by molar-refractivity contribution is 0.160. The number of ether oxygens (including phenoxy) is 1. The molecule has 0 spiro atoms. The summed E-state index contributed by atoms with van der Waals surface area (Å²) < 4.78 is 5.14. The Bertz CT molecular complexity index is 1150. The first kappa shape index (κ1) is 20.6. The molecule has 1 atom stereocenters. The van der Waals surface area contributed by atoms with Crippen molar-refractivity contribution >= 4 is 39.3 Å². The van der Waals surface area contributed by atoms with E-state index in [1.54, 1.807) is 24.3 Å². The quantitative estimate of drug-likeness (QED) is 0.201. The molecule has 1 heterocycles. The Kier molecular flexibility index (Phi) is 6.29. The van der Waals surface area contributed by atoms with Gasteiger partial charge >= 0.3 is 6.09 Å². The Morgan fingerprint density at radius 2 is 1.68 bits per heavy atom. The highest BCUT2D eigenvalue weighted by atomic mass is 16.5. The normalized spacial score (nSPS) is 11.9. The number of nitrogens with zero attached hydrogens (tertiary/aromatic N) is 1. The van der Waals surface area contributed by atoms with Crippen molar-refractivity contribution in [1.29, 1.82) is 0 Å². The first-order valence-corrected chi connectivity index (χ1v) is 10.4. The molecule has 3 aromatic carbocycles. The van der Waals surface area contributed by atoms with Crippen molar-refractivity contribution in [2.75, 3.05) is 17.2 Å². The molecular weight excluding hydrogens is 390 g/mol. The number of anilines is 2. The van der Waals surface area contributed by atoms with E-state index in [1.807, 2.05) is 55.5 Å². The molecule has 1 amide bonds. The summed E-state index contributed by atoms with van der Waals surface area (Å²) in [6.45, 7) is 2.42. The molecule has 0 radical (unpaired) electrons. The second kappa shape index (κ2) is 9.45. The van der Waals surface area contributed by atoms with Crippen LogP contribution in [0.5, 0.6) is 0 Å². The largest absolute Gasteiger partial charge is 0.449 e. The van der Waals surface area contributed by atoms with Crippen LogP contribution in [0.25, 0.3) is 21.8 Å². The minimum atomic E-state index is -0.980. The highest BCUT2D eigenvalue weighted by Gasteiger charge is 2.14. The highest BCUT2D eigenvalue weighted by molar-refractivity contribution is 6.07. The van der Waals surface area contributed by atoms with Crippen LogP contribution in [-0.2, 0) is 4.74 Å². The molecule has 0 aliphatic carbocycles. The van der Waals surface area contributed by atoms with Gasteiger partial charge in [-0.1, -0.05) is 61.9 Å². The molecule has 1 unspecified atom stereocenters. The van der Waals surface area contributed by atoms with Gasteiger partial charge in [0.15, 0.2) is 6.23 Å². The Balaban J connectivity index is 1.59. The zero-order chi connectivity index (χ0) is 21.6. The summed E-state index contributed by atoms with van der Waals surface area (Å²) in [5.74, 6) is 0. The maximum atomic E-state index is 11.9. The summed E-state index contributed by atoms with van der Waals surface area (Å²) in [5, 5.41) is 18.7. The number of hydrogen-bond acceptors (Lipinski definition) is 5. The fourth-order valence-electron chi connectivity index (χ4n) is 3.47. The molecule has 4 aromatic rings. The van der Waals surface area contributed by atoms with E-state index in [4.69, 9.17) is 9.72 Å². The summed E-state index contributed by atoms with van der Waals surface area (Å²) in [6, 6.07) is 22.7. The fraction of sp³-hybridized carbons (Fsp3) is 0.200. The Morgan fingerprint density at radius 1 is 1.00 bits per heavy atom. The molecule has 6 nitrogen and oxygen atoms in total. The van der Waals surface area contributed by atoms with Gasteiger partial charge in [0.2, 0.25) is 0 Å². The Labute approximate surface area is 180 Å². The third-order valence-electron chi connectivity index (χ3n) is 5.05. The molecule has 0 bridgehead atoms. The number of unbranched alkanes of at least 4 members (excludes halogenated alkanes) is 1. The van der Waals surface area contributed by atoms with E-state index in [0.29, 0.717) is 17.9 Å². The number of aliphatic hydroxyl groups excluding tert-OH is 1. The van der Waals surface area contributed by atoms with E-state index < -0.39 is 12.3 Å². The second-order valence-corrected chi connectivity index (χ2v) is 7.31. The first-order valence-electron chi connectivity index (χ1n) is 10.4. The maximum Gasteiger partial charge on any atom is 0.411 e. The number of hydrogen-bond donors (Lipinski definition) is 3. The molecule has 0 saturated carbocycles. The molecular formula is C25H25N3O3. The smallest absolute Gasteiger partial charge is 0.411 e. The number of carbonyl (C=O) groups excluding carboxylic acids is 1. The Morgan fingerprint density at radius 3 is 2.35 bits per heavy atom. The number of fused-ring (bicyclic) bond motifs is 2. The standard InChI is InChI=1S/C25H25N3O3/c1-2-3-15-31-25(30)26-18-10-8-9-17(16-18)24(29)28-23-19-11-4-6-13-21(19)27-22-14-7-5-12-20(22)23/h4-14,16,24,29H,2-3,15H2,1H3,(H,26,30)(H,27,28). The van der Waals surface area contributed by atoms with Crippen molar-refractivity contribution < 1.29 is 14.6 Å². The van der Waals surface area contributed by atoms with Crippen LogP contribution in [0.3, 0.4) is 0 Å². The van der Waals surface area contributed by atoms with Crippen molar-refractivity contribution in [1.82, 2.24) is 4.98 Å². The lowest BCUT2D eigenvalue weighted by atomic mass is 10.1. The summed E-state index contributed by atoms with van der Waals surface area (Å²) in [5.41, 5.74) is 3.69. The van der Waals surface area contributed by atoms with E-state index in [0.717, 1.165) is 40.3 Å². The molecule has 1 aromatic heterocycles. The van der Waals surface area contributed by atoms with Crippen LogP contribution in [0, 0.1) is 0 Å². The average Bonchev–Trinajstić information content (AvgIpc) is 2.79. The topological polar surface area (TPSA) is 83.5 Å². The van der Waals surface area contributed by atoms with E-state index in [1.165, 1.54) is 0 Å². The van der Waals surface area contributed by atoms with Crippen LogP contribution in [-0.4, -0.2) is 22.8 Å². The Hall–Kier alpha value is -3.64. The third-order valence-corrected chi connectivity index (χ3v) is 5.05. The minimum absolute atomic E-state index is 0.383. The van der Waals surface area contributed by atoms with Gasteiger partial charge in [-0.2, -0.15) is 0 Å². The molecule has 0 aliphatic heterocycles. The van der Waals surface area contributed by atoms with Gasteiger partial charge < -0.3 is 15.2 Å². The van der Waals surface area contributed by atoms with Crippen molar-refractivity contribution in [3.63, 3.8) is 0 Å². The molecule has 6 heteroatoms. The highest BCUT2D eigenvalue weighted by Crippen LogP contribution is 2.33. The van der Waals surface area contributed by atoms with Gasteiger partial charge in [-0.25, -0.2) is 9.78 Å². The van der Waals surface area contributed by atoms with Gasteiger partial charge in [0.05, 0.1) is 23.3 Å². The summed E-state index contributed by atoms with van der Waals surface area (Å²) in [4.78, 5) is 16.6. The monoisotopic (exact) mass is 415 g/mol. The van der Waals surface area contributed by atoms with E-state index in [2.05, 4.69) is 10.6 Å².